The molecule has 3 rings (SSSR count). The number of ketones is 1. The van der Waals surface area contributed by atoms with E-state index in [4.69, 9.17) is 0 Å². The first-order valence-electron chi connectivity index (χ1n) is 10.0. The quantitative estimate of drug-likeness (QED) is 0.705. The number of carbonyl (C=O) groups is 3. The van der Waals surface area contributed by atoms with E-state index >= 15 is 0 Å². The van der Waals surface area contributed by atoms with Crippen LogP contribution in [0.2, 0.25) is 0 Å². The van der Waals surface area contributed by atoms with Gasteiger partial charge in [0.15, 0.2) is 5.78 Å². The maximum absolute atomic E-state index is 12.5. The van der Waals surface area contributed by atoms with Gasteiger partial charge in [0, 0.05) is 35.8 Å². The molecule has 158 valence electrons. The highest BCUT2D eigenvalue weighted by Crippen LogP contribution is 2.33. The molecule has 3 N–H and O–H groups in total. The number of hydrogen-bond acceptors (Lipinski definition) is 4. The molecule has 0 aliphatic heterocycles. The topological polar surface area (TPSA) is 108 Å². The van der Waals surface area contributed by atoms with Gasteiger partial charge >= 0.3 is 0 Å². The maximum atomic E-state index is 12.5. The largest absolute Gasteiger partial charge is 0.348 e. The molecule has 0 saturated carbocycles. The van der Waals surface area contributed by atoms with E-state index in [0.717, 1.165) is 5.56 Å². The van der Waals surface area contributed by atoms with E-state index in [1.54, 1.807) is 24.3 Å². The van der Waals surface area contributed by atoms with Crippen molar-refractivity contribution in [2.45, 2.75) is 47.1 Å². The van der Waals surface area contributed by atoms with Crippen LogP contribution in [0.4, 0.5) is 5.69 Å². The third-order valence-corrected chi connectivity index (χ3v) is 5.16. The van der Waals surface area contributed by atoms with Crippen LogP contribution in [0.25, 0.3) is 0 Å². The lowest BCUT2D eigenvalue weighted by atomic mass is 9.75. The summed E-state index contributed by atoms with van der Waals surface area (Å²) in [6.45, 7) is 7.81. The van der Waals surface area contributed by atoms with Gasteiger partial charge in [-0.05, 0) is 35.6 Å². The van der Waals surface area contributed by atoms with Crippen molar-refractivity contribution in [3.8, 4) is 0 Å². The molecule has 2 aromatic rings. The van der Waals surface area contributed by atoms with Crippen molar-refractivity contribution in [2.24, 2.45) is 11.3 Å². The van der Waals surface area contributed by atoms with Crippen molar-refractivity contribution < 1.29 is 14.4 Å². The molecular weight excluding hydrogens is 382 g/mol. The number of nitrogens with one attached hydrogen (secondary N) is 3. The van der Waals surface area contributed by atoms with E-state index in [0.29, 0.717) is 29.8 Å². The number of anilines is 1. The Morgan fingerprint density at radius 2 is 1.77 bits per heavy atom. The molecule has 0 atom stereocenters. The zero-order chi connectivity index (χ0) is 22.1. The standard InChI is InChI=1S/C23H27N3O4/c1-13(2)20(28)25-15-7-5-14(6-8-15)12-24-21(29)17-9-16-18(26-22(17)30)10-23(3,4)11-19(16)27/h5-9,13H,10-12H2,1-4H3,(H,24,29)(H,25,28)(H,26,30). The predicted octanol–water partition coefficient (Wildman–Crippen LogP) is 3.05. The second-order valence-corrected chi connectivity index (χ2v) is 8.87. The number of benzene rings is 1. The van der Waals surface area contributed by atoms with Gasteiger partial charge in [-0.15, -0.1) is 0 Å². The minimum Gasteiger partial charge on any atom is -0.348 e. The maximum Gasteiger partial charge on any atom is 0.261 e. The summed E-state index contributed by atoms with van der Waals surface area (Å²) in [6.07, 6.45) is 0.970. The Morgan fingerprint density at radius 3 is 2.40 bits per heavy atom. The van der Waals surface area contributed by atoms with Crippen LogP contribution in [0, 0.1) is 11.3 Å². The number of Topliss-reactive ketones (excluding diaryl/α,β-unsaturated/α-hetero) is 1. The number of fused-ring (bicyclic) bond motifs is 1. The van der Waals surface area contributed by atoms with Crippen molar-refractivity contribution in [2.75, 3.05) is 5.32 Å². The summed E-state index contributed by atoms with van der Waals surface area (Å²) in [5, 5.41) is 5.52. The summed E-state index contributed by atoms with van der Waals surface area (Å²) >= 11 is 0. The van der Waals surface area contributed by atoms with E-state index in [9.17, 15) is 19.2 Å². The van der Waals surface area contributed by atoms with Crippen LogP contribution < -0.4 is 16.2 Å². The first kappa shape index (κ1) is 21.5. The number of carbonyl (C=O) groups excluding carboxylic acids is 3. The summed E-state index contributed by atoms with van der Waals surface area (Å²) < 4.78 is 0. The predicted molar refractivity (Wildman–Crippen MR) is 115 cm³/mol. The van der Waals surface area contributed by atoms with Crippen LogP contribution in [0.15, 0.2) is 35.1 Å². The van der Waals surface area contributed by atoms with Gasteiger partial charge in [-0.25, -0.2) is 0 Å². The fourth-order valence-corrected chi connectivity index (χ4v) is 3.47. The molecule has 1 aliphatic carbocycles. The molecule has 0 spiro atoms. The minimum atomic E-state index is -0.533. The second-order valence-electron chi connectivity index (χ2n) is 8.87. The molecule has 2 amide bonds. The summed E-state index contributed by atoms with van der Waals surface area (Å²) in [4.78, 5) is 51.8. The average Bonchev–Trinajstić information content (AvgIpc) is 2.65. The molecule has 0 unspecified atom stereocenters. The number of H-pyrrole nitrogens is 1. The molecule has 1 aromatic heterocycles. The number of hydrogen-bond donors (Lipinski definition) is 3. The van der Waals surface area contributed by atoms with Gasteiger partial charge in [0.1, 0.15) is 5.56 Å². The van der Waals surface area contributed by atoms with Gasteiger partial charge in [-0.2, -0.15) is 0 Å². The number of aromatic nitrogens is 1. The highest BCUT2D eigenvalue weighted by Gasteiger charge is 2.32. The highest BCUT2D eigenvalue weighted by atomic mass is 16.2. The third-order valence-electron chi connectivity index (χ3n) is 5.16. The number of rotatable bonds is 5. The molecule has 0 bridgehead atoms. The zero-order valence-electron chi connectivity index (χ0n) is 17.7. The molecule has 0 saturated heterocycles. The monoisotopic (exact) mass is 409 g/mol. The molecule has 7 heteroatoms. The fraction of sp³-hybridized carbons (Fsp3) is 0.391. The third kappa shape index (κ3) is 4.84. The van der Waals surface area contributed by atoms with E-state index in [2.05, 4.69) is 15.6 Å². The lowest BCUT2D eigenvalue weighted by molar-refractivity contribution is -0.118. The van der Waals surface area contributed by atoms with Gasteiger partial charge in [0.05, 0.1) is 0 Å². The summed E-state index contributed by atoms with van der Waals surface area (Å²) in [7, 11) is 0. The number of amides is 2. The summed E-state index contributed by atoms with van der Waals surface area (Å²) in [5.74, 6) is -0.781. The normalized spacial score (nSPS) is 14.9. The van der Waals surface area contributed by atoms with Crippen LogP contribution in [-0.4, -0.2) is 22.6 Å². The first-order chi connectivity index (χ1) is 14.1. The molecule has 7 nitrogen and oxygen atoms in total. The molecule has 1 aromatic carbocycles. The molecule has 0 radical (unpaired) electrons. The Hall–Kier alpha value is -3.22. The number of aromatic amines is 1. The van der Waals surface area contributed by atoms with Crippen LogP contribution in [0.5, 0.6) is 0 Å². The molecule has 1 heterocycles. The van der Waals surface area contributed by atoms with Gasteiger partial charge in [0.2, 0.25) is 5.91 Å². The van der Waals surface area contributed by atoms with Crippen molar-refractivity contribution in [1.82, 2.24) is 10.3 Å². The molecule has 1 aliphatic rings. The van der Waals surface area contributed by atoms with Crippen LogP contribution in [0.3, 0.4) is 0 Å². The second kappa shape index (κ2) is 8.26. The van der Waals surface area contributed by atoms with Crippen LogP contribution in [0.1, 0.15) is 66.1 Å². The van der Waals surface area contributed by atoms with Crippen molar-refractivity contribution in [3.63, 3.8) is 0 Å². The van der Waals surface area contributed by atoms with Gasteiger partial charge in [-0.1, -0.05) is 39.8 Å². The lowest BCUT2D eigenvalue weighted by Gasteiger charge is -2.29. The minimum absolute atomic E-state index is 0.0643. The van der Waals surface area contributed by atoms with Crippen LogP contribution in [-0.2, 0) is 17.8 Å². The summed E-state index contributed by atoms with van der Waals surface area (Å²) in [6, 6.07) is 8.51. The average molecular weight is 409 g/mol. The Balaban J connectivity index is 1.68. The summed E-state index contributed by atoms with van der Waals surface area (Å²) in [5.41, 5.74) is 1.74. The SMILES string of the molecule is CC(C)C(=O)Nc1ccc(CNC(=O)c2cc3c([nH]c2=O)CC(C)(C)CC3=O)cc1. The van der Waals surface area contributed by atoms with Crippen molar-refractivity contribution in [3.05, 3.63) is 63.1 Å². The Morgan fingerprint density at radius 1 is 1.10 bits per heavy atom. The Labute approximate surface area is 175 Å². The lowest BCUT2D eigenvalue weighted by Crippen LogP contribution is -2.34. The fourth-order valence-electron chi connectivity index (χ4n) is 3.47. The Bertz CT molecular complexity index is 1050. The van der Waals surface area contributed by atoms with Gasteiger partial charge in [0.25, 0.3) is 11.5 Å². The van der Waals surface area contributed by atoms with E-state index < -0.39 is 11.5 Å². The van der Waals surface area contributed by atoms with Crippen molar-refractivity contribution >= 4 is 23.3 Å². The van der Waals surface area contributed by atoms with Gasteiger partial charge < -0.3 is 15.6 Å². The molecule has 0 fully saturated rings. The molecular formula is C23H27N3O4. The number of pyridine rings is 1. The Kier molecular flexibility index (Phi) is 5.92. The van der Waals surface area contributed by atoms with Crippen LogP contribution >= 0.6 is 0 Å². The highest BCUT2D eigenvalue weighted by molar-refractivity contribution is 6.02. The first-order valence-corrected chi connectivity index (χ1v) is 10.0. The van der Waals surface area contributed by atoms with E-state index in [1.165, 1.54) is 6.07 Å². The zero-order valence-corrected chi connectivity index (χ0v) is 17.7. The van der Waals surface area contributed by atoms with Gasteiger partial charge in [-0.3, -0.25) is 19.2 Å². The smallest absolute Gasteiger partial charge is 0.261 e. The van der Waals surface area contributed by atoms with Crippen molar-refractivity contribution in [1.29, 1.82) is 0 Å². The molecule has 30 heavy (non-hydrogen) atoms. The van der Waals surface area contributed by atoms with E-state index in [-0.39, 0.29) is 35.1 Å². The van der Waals surface area contributed by atoms with E-state index in [1.807, 2.05) is 27.7 Å².